The van der Waals surface area contributed by atoms with Gasteiger partial charge in [-0.2, -0.15) is 0 Å². The highest BCUT2D eigenvalue weighted by atomic mass is 16.5. The predicted octanol–water partition coefficient (Wildman–Crippen LogP) is 3.95. The second-order valence-electron chi connectivity index (χ2n) is 8.04. The molecule has 0 aliphatic heterocycles. The molecule has 0 aromatic carbocycles. The van der Waals surface area contributed by atoms with Crippen LogP contribution in [0.1, 0.15) is 67.8 Å². The van der Waals surface area contributed by atoms with Crippen LogP contribution in [0.15, 0.2) is 33.5 Å². The quantitative estimate of drug-likeness (QED) is 0.481. The lowest BCUT2D eigenvalue weighted by molar-refractivity contribution is -0.115. The number of fused-ring (bicyclic) bond motifs is 1. The van der Waals surface area contributed by atoms with Crippen molar-refractivity contribution in [2.24, 2.45) is 10.4 Å². The van der Waals surface area contributed by atoms with Gasteiger partial charge in [0.2, 0.25) is 0 Å². The fourth-order valence-electron chi connectivity index (χ4n) is 3.84. The molecule has 1 heterocycles. The molecular formula is C21H26N2O4. The van der Waals surface area contributed by atoms with Crippen molar-refractivity contribution in [3.63, 3.8) is 0 Å². The van der Waals surface area contributed by atoms with E-state index in [0.717, 1.165) is 6.42 Å². The summed E-state index contributed by atoms with van der Waals surface area (Å²) in [7, 11) is 0. The number of carbonyl (C=O) groups is 2. The maximum absolute atomic E-state index is 12.5. The fourth-order valence-corrected chi connectivity index (χ4v) is 3.84. The summed E-state index contributed by atoms with van der Waals surface area (Å²) in [6.07, 6.45) is 5.20. The molecule has 6 heteroatoms. The number of ketones is 2. The number of Topliss-reactive ketones (excluding diaryl/α,β-unsaturated/α-hetero) is 2. The molecule has 1 aromatic heterocycles. The van der Waals surface area contributed by atoms with E-state index in [4.69, 9.17) is 4.52 Å². The first-order chi connectivity index (χ1) is 12.8. The molecule has 6 nitrogen and oxygen atoms in total. The number of carbonyl (C=O) groups excluding carboxylic acids is 2. The van der Waals surface area contributed by atoms with Gasteiger partial charge in [0.15, 0.2) is 11.6 Å². The van der Waals surface area contributed by atoms with Crippen LogP contribution in [-0.2, 0) is 17.6 Å². The van der Waals surface area contributed by atoms with Crippen molar-refractivity contribution >= 4 is 17.3 Å². The molecule has 1 N–H and O–H groups in total. The molecule has 0 amide bonds. The Hall–Kier alpha value is -2.50. The molecule has 27 heavy (non-hydrogen) atoms. The Morgan fingerprint density at radius 1 is 1.30 bits per heavy atom. The van der Waals surface area contributed by atoms with E-state index in [1.165, 1.54) is 0 Å². The lowest BCUT2D eigenvalue weighted by Crippen LogP contribution is -2.26. The molecule has 0 unspecified atom stereocenters. The van der Waals surface area contributed by atoms with Gasteiger partial charge in [-0.05, 0) is 18.3 Å². The second-order valence-corrected chi connectivity index (χ2v) is 8.04. The summed E-state index contributed by atoms with van der Waals surface area (Å²) in [6, 6.07) is 0. The summed E-state index contributed by atoms with van der Waals surface area (Å²) < 4.78 is 5.40. The van der Waals surface area contributed by atoms with Crippen molar-refractivity contribution in [3.05, 3.63) is 41.0 Å². The van der Waals surface area contributed by atoms with Crippen LogP contribution >= 0.6 is 0 Å². The van der Waals surface area contributed by atoms with Gasteiger partial charge in [0.05, 0.1) is 23.4 Å². The van der Waals surface area contributed by atoms with Crippen molar-refractivity contribution in [2.75, 3.05) is 6.54 Å². The largest absolute Gasteiger partial charge is 0.511 e. The molecule has 3 rings (SSSR count). The van der Waals surface area contributed by atoms with E-state index in [1.807, 2.05) is 13.8 Å². The first-order valence-corrected chi connectivity index (χ1v) is 9.43. The van der Waals surface area contributed by atoms with E-state index < -0.39 is 0 Å². The highest BCUT2D eigenvalue weighted by molar-refractivity contribution is 6.24. The SMILES string of the molecule is C=CCN=C1CCCC(=O)/C1=C(/O)CCc1noc2c1C(=O)CC(C)(C)C2. The average molecular weight is 370 g/mol. The van der Waals surface area contributed by atoms with E-state index >= 15 is 0 Å². The number of hydrogen-bond donors (Lipinski definition) is 1. The molecule has 2 aliphatic carbocycles. The number of aliphatic hydroxyl groups is 1. The molecule has 0 bridgehead atoms. The number of allylic oxidation sites excluding steroid dienone is 2. The minimum atomic E-state index is -0.129. The van der Waals surface area contributed by atoms with Gasteiger partial charge in [0.25, 0.3) is 0 Å². The van der Waals surface area contributed by atoms with Crippen LogP contribution in [0.2, 0.25) is 0 Å². The monoisotopic (exact) mass is 370 g/mol. The zero-order chi connectivity index (χ0) is 19.6. The minimum Gasteiger partial charge on any atom is -0.511 e. The van der Waals surface area contributed by atoms with Crippen LogP contribution in [0.4, 0.5) is 0 Å². The Balaban J connectivity index is 1.81. The number of aliphatic imine (C=N–C) groups is 1. The molecular weight excluding hydrogens is 344 g/mol. The first-order valence-electron chi connectivity index (χ1n) is 9.43. The normalized spacial score (nSPS) is 22.7. The molecule has 0 saturated heterocycles. The summed E-state index contributed by atoms with van der Waals surface area (Å²) >= 11 is 0. The maximum Gasteiger partial charge on any atom is 0.168 e. The molecule has 144 valence electrons. The Morgan fingerprint density at radius 2 is 2.07 bits per heavy atom. The Kier molecular flexibility index (Phi) is 5.44. The minimum absolute atomic E-state index is 0.0165. The van der Waals surface area contributed by atoms with Crippen LogP contribution in [-0.4, -0.2) is 34.1 Å². The van der Waals surface area contributed by atoms with Crippen LogP contribution in [0, 0.1) is 5.41 Å². The molecule has 1 aromatic rings. The van der Waals surface area contributed by atoms with Gasteiger partial charge in [-0.15, -0.1) is 6.58 Å². The smallest absolute Gasteiger partial charge is 0.168 e. The number of aromatic nitrogens is 1. The zero-order valence-electron chi connectivity index (χ0n) is 16.0. The van der Waals surface area contributed by atoms with Gasteiger partial charge in [0.1, 0.15) is 11.5 Å². The van der Waals surface area contributed by atoms with Crippen LogP contribution in [0.25, 0.3) is 0 Å². The van der Waals surface area contributed by atoms with Crippen LogP contribution in [0.3, 0.4) is 0 Å². The molecule has 0 radical (unpaired) electrons. The Bertz CT molecular complexity index is 842. The van der Waals surface area contributed by atoms with E-state index in [1.54, 1.807) is 6.08 Å². The lowest BCUT2D eigenvalue weighted by atomic mass is 9.76. The zero-order valence-corrected chi connectivity index (χ0v) is 16.0. The third-order valence-corrected chi connectivity index (χ3v) is 5.07. The predicted molar refractivity (Wildman–Crippen MR) is 102 cm³/mol. The third-order valence-electron chi connectivity index (χ3n) is 5.07. The number of aryl methyl sites for hydroxylation is 1. The summed E-state index contributed by atoms with van der Waals surface area (Å²) in [5, 5.41) is 14.6. The highest BCUT2D eigenvalue weighted by Gasteiger charge is 2.36. The standard InChI is InChI=1S/C21H26N2O4/c1-4-10-22-13-6-5-7-15(24)19(13)16(25)9-8-14-20-17(26)11-21(2,3)12-18(20)27-23-14/h4,25H,1,5-12H2,2-3H3/b19-16+,22-13?. The third kappa shape index (κ3) is 4.10. The molecule has 2 aliphatic rings. The highest BCUT2D eigenvalue weighted by Crippen LogP contribution is 2.36. The molecule has 1 fully saturated rings. The van der Waals surface area contributed by atoms with Crippen molar-refractivity contribution < 1.29 is 19.2 Å². The molecule has 1 saturated carbocycles. The Labute approximate surface area is 159 Å². The topological polar surface area (TPSA) is 92.8 Å². The summed E-state index contributed by atoms with van der Waals surface area (Å²) in [5.41, 5.74) is 1.96. The Morgan fingerprint density at radius 3 is 2.81 bits per heavy atom. The van der Waals surface area contributed by atoms with E-state index in [-0.39, 0.29) is 29.2 Å². The van der Waals surface area contributed by atoms with Gasteiger partial charge in [-0.1, -0.05) is 25.1 Å². The van der Waals surface area contributed by atoms with Crippen LogP contribution in [0.5, 0.6) is 0 Å². The van der Waals surface area contributed by atoms with Gasteiger partial charge in [0, 0.05) is 37.8 Å². The first kappa shape index (κ1) is 19.3. The van der Waals surface area contributed by atoms with Gasteiger partial charge in [-0.3, -0.25) is 14.6 Å². The molecule has 0 atom stereocenters. The van der Waals surface area contributed by atoms with E-state index in [2.05, 4.69) is 16.7 Å². The van der Waals surface area contributed by atoms with Crippen molar-refractivity contribution in [1.29, 1.82) is 0 Å². The van der Waals surface area contributed by atoms with E-state index in [0.29, 0.717) is 67.0 Å². The van der Waals surface area contributed by atoms with Crippen molar-refractivity contribution in [3.8, 4) is 0 Å². The van der Waals surface area contributed by atoms with Gasteiger partial charge < -0.3 is 9.63 Å². The summed E-state index contributed by atoms with van der Waals surface area (Å²) in [5.74, 6) is 0.594. The lowest BCUT2D eigenvalue weighted by Gasteiger charge is -2.26. The van der Waals surface area contributed by atoms with Gasteiger partial charge in [-0.25, -0.2) is 0 Å². The summed E-state index contributed by atoms with van der Waals surface area (Å²) in [6.45, 7) is 8.12. The fraction of sp³-hybridized carbons (Fsp3) is 0.524. The maximum atomic E-state index is 12.5. The number of nitrogens with zero attached hydrogens (tertiary/aromatic N) is 2. The van der Waals surface area contributed by atoms with Crippen LogP contribution < -0.4 is 0 Å². The molecule has 0 spiro atoms. The van der Waals surface area contributed by atoms with E-state index in [9.17, 15) is 14.7 Å². The van der Waals surface area contributed by atoms with Gasteiger partial charge >= 0.3 is 0 Å². The van der Waals surface area contributed by atoms with Crippen molar-refractivity contribution in [2.45, 2.75) is 58.8 Å². The van der Waals surface area contributed by atoms with Crippen molar-refractivity contribution in [1.82, 2.24) is 5.16 Å². The average Bonchev–Trinajstić information content (AvgIpc) is 2.99. The number of aliphatic hydroxyl groups excluding tert-OH is 1. The number of hydrogen-bond acceptors (Lipinski definition) is 6. The summed E-state index contributed by atoms with van der Waals surface area (Å²) in [4.78, 5) is 29.2. The second kappa shape index (κ2) is 7.62. The number of rotatable bonds is 5.